The summed E-state index contributed by atoms with van der Waals surface area (Å²) in [5, 5.41) is 11.6. The summed E-state index contributed by atoms with van der Waals surface area (Å²) in [6.45, 7) is 1.15. The molecule has 1 N–H and O–H groups in total. The minimum atomic E-state index is -0.00745. The summed E-state index contributed by atoms with van der Waals surface area (Å²) in [5.41, 5.74) is 1.53. The van der Waals surface area contributed by atoms with Crippen molar-refractivity contribution in [3.63, 3.8) is 0 Å². The molecule has 21 heavy (non-hydrogen) atoms. The molecular formula is C17H22N2O2. The van der Waals surface area contributed by atoms with Gasteiger partial charge in [0.15, 0.2) is 0 Å². The standard InChI is InChI=1S/C17H22N2O2/c18-13-15-8-6-14(7-9-15)12-17(20)19-10-11-21-16-4-2-1-3-5-16/h6-9,16H,1-5,10-12H2,(H,19,20). The number of rotatable bonds is 6. The molecule has 0 unspecified atom stereocenters. The van der Waals surface area contributed by atoms with Crippen LogP contribution in [0.15, 0.2) is 24.3 Å². The van der Waals surface area contributed by atoms with Crippen molar-refractivity contribution in [2.75, 3.05) is 13.2 Å². The third kappa shape index (κ3) is 5.57. The number of nitrogens with zero attached hydrogens (tertiary/aromatic N) is 1. The predicted molar refractivity (Wildman–Crippen MR) is 80.7 cm³/mol. The van der Waals surface area contributed by atoms with Crippen molar-refractivity contribution >= 4 is 5.91 Å². The lowest BCUT2D eigenvalue weighted by Gasteiger charge is -2.21. The maximum absolute atomic E-state index is 11.8. The molecular weight excluding hydrogens is 264 g/mol. The number of hydrogen-bond donors (Lipinski definition) is 1. The van der Waals surface area contributed by atoms with Gasteiger partial charge in [0, 0.05) is 6.54 Å². The van der Waals surface area contributed by atoms with E-state index < -0.39 is 0 Å². The van der Waals surface area contributed by atoms with Crippen molar-refractivity contribution in [1.82, 2.24) is 5.32 Å². The van der Waals surface area contributed by atoms with Gasteiger partial charge in [-0.05, 0) is 30.5 Å². The molecule has 2 rings (SSSR count). The van der Waals surface area contributed by atoms with Gasteiger partial charge in [0.05, 0.1) is 30.8 Å². The van der Waals surface area contributed by atoms with E-state index in [4.69, 9.17) is 10.00 Å². The summed E-state index contributed by atoms with van der Waals surface area (Å²) in [5.74, 6) is -0.00745. The van der Waals surface area contributed by atoms with E-state index in [9.17, 15) is 4.79 Å². The van der Waals surface area contributed by atoms with Crippen LogP contribution < -0.4 is 5.32 Å². The Hall–Kier alpha value is -1.86. The summed E-state index contributed by atoms with van der Waals surface area (Å²) >= 11 is 0. The molecule has 1 saturated carbocycles. The Morgan fingerprint density at radius 1 is 1.24 bits per heavy atom. The molecule has 112 valence electrons. The molecule has 0 spiro atoms. The maximum Gasteiger partial charge on any atom is 0.224 e. The fourth-order valence-electron chi connectivity index (χ4n) is 2.59. The van der Waals surface area contributed by atoms with E-state index in [2.05, 4.69) is 11.4 Å². The number of carbonyl (C=O) groups excluding carboxylic acids is 1. The minimum Gasteiger partial charge on any atom is -0.376 e. The van der Waals surface area contributed by atoms with Gasteiger partial charge in [0.25, 0.3) is 0 Å². The number of ether oxygens (including phenoxy) is 1. The number of nitriles is 1. The van der Waals surface area contributed by atoms with Crippen LogP contribution in [-0.4, -0.2) is 25.2 Å². The second-order valence-corrected chi connectivity index (χ2v) is 5.47. The summed E-state index contributed by atoms with van der Waals surface area (Å²) in [4.78, 5) is 11.8. The fourth-order valence-corrected chi connectivity index (χ4v) is 2.59. The van der Waals surface area contributed by atoms with Crippen LogP contribution in [0.3, 0.4) is 0 Å². The normalized spacial score (nSPS) is 15.4. The van der Waals surface area contributed by atoms with Crippen LogP contribution in [-0.2, 0) is 16.0 Å². The Bertz CT molecular complexity index is 485. The van der Waals surface area contributed by atoms with Crippen molar-refractivity contribution < 1.29 is 9.53 Å². The molecule has 0 aliphatic heterocycles. The SMILES string of the molecule is N#Cc1ccc(CC(=O)NCCOC2CCCCC2)cc1. The monoisotopic (exact) mass is 286 g/mol. The van der Waals surface area contributed by atoms with E-state index in [-0.39, 0.29) is 5.91 Å². The van der Waals surface area contributed by atoms with Crippen LogP contribution in [0, 0.1) is 11.3 Å². The topological polar surface area (TPSA) is 62.1 Å². The Kier molecular flexibility index (Phi) is 6.23. The van der Waals surface area contributed by atoms with Crippen LogP contribution in [0.1, 0.15) is 43.2 Å². The smallest absolute Gasteiger partial charge is 0.224 e. The number of nitrogens with one attached hydrogen (secondary N) is 1. The quantitative estimate of drug-likeness (QED) is 0.818. The molecule has 0 saturated heterocycles. The first kappa shape index (κ1) is 15.5. The van der Waals surface area contributed by atoms with E-state index in [1.807, 2.05) is 12.1 Å². The number of carbonyl (C=O) groups is 1. The second kappa shape index (κ2) is 8.43. The van der Waals surface area contributed by atoms with E-state index in [0.29, 0.717) is 31.2 Å². The van der Waals surface area contributed by atoms with E-state index in [1.165, 1.54) is 19.3 Å². The number of hydrogen-bond acceptors (Lipinski definition) is 3. The average Bonchev–Trinajstić information content (AvgIpc) is 2.53. The first-order valence-electron chi connectivity index (χ1n) is 7.65. The lowest BCUT2D eigenvalue weighted by molar-refractivity contribution is -0.120. The van der Waals surface area contributed by atoms with E-state index >= 15 is 0 Å². The Labute approximate surface area is 126 Å². The molecule has 0 heterocycles. The molecule has 4 nitrogen and oxygen atoms in total. The zero-order valence-corrected chi connectivity index (χ0v) is 12.3. The summed E-state index contributed by atoms with van der Waals surface area (Å²) < 4.78 is 5.76. The highest BCUT2D eigenvalue weighted by Gasteiger charge is 2.13. The van der Waals surface area contributed by atoms with Crippen LogP contribution in [0.2, 0.25) is 0 Å². The lowest BCUT2D eigenvalue weighted by Crippen LogP contribution is -2.30. The summed E-state index contributed by atoms with van der Waals surface area (Å²) in [6.07, 6.45) is 6.87. The minimum absolute atomic E-state index is 0.00745. The van der Waals surface area contributed by atoms with Gasteiger partial charge in [-0.15, -0.1) is 0 Å². The van der Waals surface area contributed by atoms with Crippen molar-refractivity contribution in [3.05, 3.63) is 35.4 Å². The highest BCUT2D eigenvalue weighted by Crippen LogP contribution is 2.19. The third-order valence-electron chi connectivity index (χ3n) is 3.78. The molecule has 4 heteroatoms. The molecule has 1 aliphatic carbocycles. The number of benzene rings is 1. The average molecular weight is 286 g/mol. The molecule has 1 fully saturated rings. The first-order chi connectivity index (χ1) is 10.3. The molecule has 0 radical (unpaired) electrons. The van der Waals surface area contributed by atoms with Crippen LogP contribution >= 0.6 is 0 Å². The molecule has 1 aliphatic rings. The predicted octanol–water partition coefficient (Wildman–Crippen LogP) is 2.57. The summed E-state index contributed by atoms with van der Waals surface area (Å²) in [7, 11) is 0. The van der Waals surface area contributed by atoms with Gasteiger partial charge in [0.2, 0.25) is 5.91 Å². The molecule has 0 atom stereocenters. The molecule has 1 aromatic carbocycles. The third-order valence-corrected chi connectivity index (χ3v) is 3.78. The van der Waals surface area contributed by atoms with Crippen LogP contribution in [0.4, 0.5) is 0 Å². The largest absolute Gasteiger partial charge is 0.376 e. The van der Waals surface area contributed by atoms with Gasteiger partial charge < -0.3 is 10.1 Å². The van der Waals surface area contributed by atoms with Gasteiger partial charge in [-0.2, -0.15) is 5.26 Å². The van der Waals surface area contributed by atoms with Gasteiger partial charge in [-0.3, -0.25) is 4.79 Å². The molecule has 1 aromatic rings. The van der Waals surface area contributed by atoms with Gasteiger partial charge in [0.1, 0.15) is 0 Å². The lowest BCUT2D eigenvalue weighted by atomic mass is 9.98. The van der Waals surface area contributed by atoms with E-state index in [1.54, 1.807) is 12.1 Å². The van der Waals surface area contributed by atoms with Gasteiger partial charge >= 0.3 is 0 Å². The molecule has 0 aromatic heterocycles. The zero-order valence-electron chi connectivity index (χ0n) is 12.3. The second-order valence-electron chi connectivity index (χ2n) is 5.47. The Morgan fingerprint density at radius 2 is 1.95 bits per heavy atom. The van der Waals surface area contributed by atoms with Crippen LogP contribution in [0.25, 0.3) is 0 Å². The fraction of sp³-hybridized carbons (Fsp3) is 0.529. The summed E-state index contributed by atoms with van der Waals surface area (Å²) in [6, 6.07) is 9.16. The highest BCUT2D eigenvalue weighted by molar-refractivity contribution is 5.78. The molecule has 1 amide bonds. The van der Waals surface area contributed by atoms with Crippen molar-refractivity contribution in [2.45, 2.75) is 44.6 Å². The Balaban J connectivity index is 1.61. The van der Waals surface area contributed by atoms with E-state index in [0.717, 1.165) is 18.4 Å². The van der Waals surface area contributed by atoms with Gasteiger partial charge in [-0.1, -0.05) is 31.4 Å². The zero-order chi connectivity index (χ0) is 14.9. The van der Waals surface area contributed by atoms with Crippen molar-refractivity contribution in [3.8, 4) is 6.07 Å². The van der Waals surface area contributed by atoms with Crippen molar-refractivity contribution in [2.24, 2.45) is 0 Å². The van der Waals surface area contributed by atoms with Crippen molar-refractivity contribution in [1.29, 1.82) is 5.26 Å². The van der Waals surface area contributed by atoms with Gasteiger partial charge in [-0.25, -0.2) is 0 Å². The Morgan fingerprint density at radius 3 is 2.62 bits per heavy atom. The van der Waals surface area contributed by atoms with Crippen LogP contribution in [0.5, 0.6) is 0 Å². The number of amides is 1. The maximum atomic E-state index is 11.8. The first-order valence-corrected chi connectivity index (χ1v) is 7.65. The molecule has 0 bridgehead atoms. The highest BCUT2D eigenvalue weighted by atomic mass is 16.5.